The molecule has 0 amide bonds. The van der Waals surface area contributed by atoms with Crippen LogP contribution in [0.15, 0.2) is 71.7 Å². The number of anilines is 1. The fourth-order valence-corrected chi connectivity index (χ4v) is 5.24. The fraction of sp³-hybridized carbons (Fsp3) is 0.250. The highest BCUT2D eigenvalue weighted by molar-refractivity contribution is 5.96. The van der Waals surface area contributed by atoms with Crippen LogP contribution in [0.25, 0.3) is 22.5 Å². The zero-order valence-corrected chi connectivity index (χ0v) is 24.3. The smallest absolute Gasteiger partial charge is 0.416 e. The summed E-state index contributed by atoms with van der Waals surface area (Å²) in [6.07, 6.45) is 0.343. The normalized spacial score (nSPS) is 13.4. The third kappa shape index (κ3) is 6.68. The maximum Gasteiger partial charge on any atom is 0.416 e. The molecule has 3 aromatic carbocycles. The van der Waals surface area contributed by atoms with Crippen LogP contribution in [0.2, 0.25) is 0 Å². The number of ether oxygens (including phenoxy) is 1. The summed E-state index contributed by atoms with van der Waals surface area (Å²) in [4.78, 5) is 32.3. The van der Waals surface area contributed by atoms with E-state index in [1.165, 1.54) is 44.4 Å². The summed E-state index contributed by atoms with van der Waals surface area (Å²) in [5.74, 6) is -1.77. The van der Waals surface area contributed by atoms with Crippen LogP contribution in [-0.2, 0) is 17.5 Å². The molecule has 0 radical (unpaired) electrons. The van der Waals surface area contributed by atoms with Crippen molar-refractivity contribution in [2.45, 2.75) is 26.6 Å². The minimum atomic E-state index is -4.39. The van der Waals surface area contributed by atoms with Gasteiger partial charge in [0.1, 0.15) is 11.8 Å². The van der Waals surface area contributed by atoms with Crippen molar-refractivity contribution in [2.75, 3.05) is 31.2 Å². The first-order valence-electron chi connectivity index (χ1n) is 13.9. The van der Waals surface area contributed by atoms with E-state index in [0.717, 1.165) is 35.9 Å². The van der Waals surface area contributed by atoms with Crippen LogP contribution in [0.5, 0.6) is 0 Å². The van der Waals surface area contributed by atoms with Gasteiger partial charge in [0, 0.05) is 25.3 Å². The average molecular weight is 623 g/mol. The first kappa shape index (κ1) is 31.3. The van der Waals surface area contributed by atoms with E-state index in [9.17, 15) is 22.8 Å². The quantitative estimate of drug-likeness (QED) is 0.224. The molecule has 0 saturated carbocycles. The number of carbonyl (C=O) groups is 2. The minimum absolute atomic E-state index is 0.0277. The van der Waals surface area contributed by atoms with Crippen molar-refractivity contribution in [3.05, 3.63) is 101 Å². The Morgan fingerprint density at radius 2 is 1.60 bits per heavy atom. The topological polar surface area (TPSA) is 131 Å². The SMILES string of the molecule is Cc1c(C(=O)O)cccc1C(=O)O.Cc1c(Cn2cnc3c(-c4ncco4)cc(N4CCOCC4)cc32)cccc1C(F)(F)F. The molecule has 10 nitrogen and oxygen atoms in total. The number of aromatic nitrogens is 3. The molecule has 2 aromatic heterocycles. The van der Waals surface area contributed by atoms with Gasteiger partial charge in [-0.15, -0.1) is 0 Å². The largest absolute Gasteiger partial charge is 0.478 e. The molecule has 0 aliphatic carbocycles. The second kappa shape index (κ2) is 12.8. The number of rotatable bonds is 6. The number of hydrogen-bond donors (Lipinski definition) is 2. The van der Waals surface area contributed by atoms with Crippen molar-refractivity contribution >= 4 is 28.7 Å². The van der Waals surface area contributed by atoms with Crippen LogP contribution in [-0.4, -0.2) is 63.0 Å². The van der Waals surface area contributed by atoms with Crippen molar-refractivity contribution in [1.82, 2.24) is 14.5 Å². The highest BCUT2D eigenvalue weighted by Crippen LogP contribution is 2.35. The van der Waals surface area contributed by atoms with Crippen LogP contribution < -0.4 is 4.90 Å². The number of hydrogen-bond acceptors (Lipinski definition) is 7. The van der Waals surface area contributed by atoms with Crippen LogP contribution >= 0.6 is 0 Å². The number of fused-ring (bicyclic) bond motifs is 1. The van der Waals surface area contributed by atoms with Gasteiger partial charge in [-0.05, 0) is 60.9 Å². The Labute approximate surface area is 255 Å². The number of carboxylic acids is 2. The summed E-state index contributed by atoms with van der Waals surface area (Å²) >= 11 is 0. The lowest BCUT2D eigenvalue weighted by Gasteiger charge is -2.29. The van der Waals surface area contributed by atoms with Crippen LogP contribution in [0.3, 0.4) is 0 Å². The number of alkyl halides is 3. The number of aromatic carboxylic acids is 2. The van der Waals surface area contributed by atoms with E-state index < -0.39 is 23.7 Å². The number of morpholine rings is 1. The van der Waals surface area contributed by atoms with E-state index in [2.05, 4.69) is 14.9 Å². The summed E-state index contributed by atoms with van der Waals surface area (Å²) in [6.45, 7) is 6.02. The second-order valence-corrected chi connectivity index (χ2v) is 10.3. The second-order valence-electron chi connectivity index (χ2n) is 10.3. The molecule has 2 N–H and O–H groups in total. The predicted molar refractivity (Wildman–Crippen MR) is 159 cm³/mol. The Hall–Kier alpha value is -5.17. The molecule has 234 valence electrons. The monoisotopic (exact) mass is 622 g/mol. The van der Waals surface area contributed by atoms with Crippen LogP contribution in [0, 0.1) is 13.8 Å². The molecule has 45 heavy (non-hydrogen) atoms. The van der Waals surface area contributed by atoms with Gasteiger partial charge in [0.2, 0.25) is 5.89 Å². The van der Waals surface area contributed by atoms with E-state index in [1.807, 2.05) is 16.7 Å². The standard InChI is InChI=1S/C23H21F3N4O2.C9H8O4/c1-15-16(3-2-4-19(15)23(24,25)26)13-30-14-28-21-18(22-27-5-8-32-22)11-17(12-20(21)30)29-6-9-31-10-7-29;1-5-6(8(10)11)3-2-4-7(5)9(12)13/h2-5,8,11-12,14H,6-7,9-10,13H2,1H3;2-4H,1H3,(H,10,11)(H,12,13). The third-order valence-electron chi connectivity index (χ3n) is 7.64. The first-order valence-corrected chi connectivity index (χ1v) is 13.9. The third-order valence-corrected chi connectivity index (χ3v) is 7.64. The van der Waals surface area contributed by atoms with Gasteiger partial charge >= 0.3 is 18.1 Å². The van der Waals surface area contributed by atoms with Crippen molar-refractivity contribution in [3.8, 4) is 11.5 Å². The van der Waals surface area contributed by atoms with E-state index in [1.54, 1.807) is 18.6 Å². The molecule has 0 atom stereocenters. The Bertz CT molecular complexity index is 1810. The minimum Gasteiger partial charge on any atom is -0.478 e. The van der Waals surface area contributed by atoms with Gasteiger partial charge in [-0.1, -0.05) is 18.2 Å². The molecule has 1 fully saturated rings. The maximum absolute atomic E-state index is 13.4. The van der Waals surface area contributed by atoms with Crippen molar-refractivity contribution in [3.63, 3.8) is 0 Å². The van der Waals surface area contributed by atoms with Crippen molar-refractivity contribution in [2.24, 2.45) is 0 Å². The van der Waals surface area contributed by atoms with E-state index in [4.69, 9.17) is 19.4 Å². The number of halogens is 3. The first-order chi connectivity index (χ1) is 21.5. The van der Waals surface area contributed by atoms with Gasteiger partial charge in [-0.3, -0.25) is 0 Å². The summed E-state index contributed by atoms with van der Waals surface area (Å²) in [5, 5.41) is 17.4. The lowest BCUT2D eigenvalue weighted by molar-refractivity contribution is -0.138. The van der Waals surface area contributed by atoms with Gasteiger partial charge in [0.25, 0.3) is 0 Å². The number of carboxylic acid groups (broad SMARTS) is 2. The highest BCUT2D eigenvalue weighted by Gasteiger charge is 2.33. The predicted octanol–water partition coefficient (Wildman–Crippen LogP) is 6.29. The van der Waals surface area contributed by atoms with Gasteiger partial charge < -0.3 is 28.8 Å². The fourth-order valence-electron chi connectivity index (χ4n) is 5.24. The number of nitrogens with zero attached hydrogens (tertiary/aromatic N) is 4. The number of imidazole rings is 1. The summed E-state index contributed by atoms with van der Waals surface area (Å²) in [5.41, 5.74) is 3.74. The zero-order chi connectivity index (χ0) is 32.3. The summed E-state index contributed by atoms with van der Waals surface area (Å²) in [7, 11) is 0. The number of benzene rings is 3. The molecule has 13 heteroatoms. The van der Waals surface area contributed by atoms with E-state index in [-0.39, 0.29) is 28.8 Å². The molecule has 1 saturated heterocycles. The molecule has 1 aliphatic heterocycles. The van der Waals surface area contributed by atoms with Gasteiger partial charge in [-0.25, -0.2) is 19.6 Å². The summed E-state index contributed by atoms with van der Waals surface area (Å²) in [6, 6.07) is 12.5. The molecule has 0 bridgehead atoms. The Balaban J connectivity index is 0.000000259. The van der Waals surface area contributed by atoms with Gasteiger partial charge in [0.05, 0.1) is 53.5 Å². The molecule has 1 aliphatic rings. The molecule has 6 rings (SSSR count). The van der Waals surface area contributed by atoms with Crippen molar-refractivity contribution < 1.29 is 42.1 Å². The maximum atomic E-state index is 13.4. The Morgan fingerprint density at radius 1 is 0.933 bits per heavy atom. The van der Waals surface area contributed by atoms with Gasteiger partial charge in [-0.2, -0.15) is 13.2 Å². The molecule has 5 aromatic rings. The van der Waals surface area contributed by atoms with Crippen LogP contribution in [0.1, 0.15) is 43.0 Å². The van der Waals surface area contributed by atoms with Crippen LogP contribution in [0.4, 0.5) is 18.9 Å². The molecule has 0 unspecified atom stereocenters. The van der Waals surface area contributed by atoms with Gasteiger partial charge in [0.15, 0.2) is 0 Å². The number of oxazole rings is 1. The molecule has 0 spiro atoms. The average Bonchev–Trinajstić information content (AvgIpc) is 3.69. The zero-order valence-electron chi connectivity index (χ0n) is 24.3. The van der Waals surface area contributed by atoms with E-state index >= 15 is 0 Å². The Morgan fingerprint density at radius 3 is 2.20 bits per heavy atom. The van der Waals surface area contributed by atoms with Crippen molar-refractivity contribution in [1.29, 1.82) is 0 Å². The lowest BCUT2D eigenvalue weighted by Crippen LogP contribution is -2.36. The lowest BCUT2D eigenvalue weighted by atomic mass is 10.0. The molecular formula is C32H29F3N4O6. The molecule has 3 heterocycles. The highest BCUT2D eigenvalue weighted by atomic mass is 19.4. The molecular weight excluding hydrogens is 593 g/mol. The summed E-state index contributed by atoms with van der Waals surface area (Å²) < 4.78 is 53.0. The Kier molecular flexibility index (Phi) is 8.91. The van der Waals surface area contributed by atoms with E-state index in [0.29, 0.717) is 30.2 Å².